The molecule has 5 heteroatoms. The van der Waals surface area contributed by atoms with Crippen molar-refractivity contribution in [1.82, 2.24) is 0 Å². The van der Waals surface area contributed by atoms with Crippen molar-refractivity contribution in [3.8, 4) is 34.2 Å². The number of aryl methyl sites for hydroxylation is 1. The minimum atomic E-state index is -0.487. The third-order valence-corrected chi connectivity index (χ3v) is 14.2. The fraction of sp³-hybridized carbons (Fsp3) is 0.200. The zero-order valence-corrected chi connectivity index (χ0v) is 37.9. The highest BCUT2D eigenvalue weighted by atomic mass is 15.1. The van der Waals surface area contributed by atoms with Crippen molar-refractivity contribution >= 4 is 51.6 Å². The number of unbranched alkanes of at least 4 members (excludes halogenated alkanes) is 3. The van der Waals surface area contributed by atoms with Gasteiger partial charge in [0.05, 0.1) is 5.69 Å². The van der Waals surface area contributed by atoms with Gasteiger partial charge in [-0.05, 0) is 153 Å². The monoisotopic (exact) mass is 840 g/mol. The Morgan fingerprint density at radius 2 is 0.923 bits per heavy atom. The molecule has 0 saturated heterocycles. The lowest BCUT2D eigenvalue weighted by Crippen LogP contribution is -2.18. The summed E-state index contributed by atoms with van der Waals surface area (Å²) in [6.45, 7) is 9.14. The molecule has 0 spiro atoms. The van der Waals surface area contributed by atoms with Crippen LogP contribution in [0.15, 0.2) is 176 Å². The number of nitrogens with zero attached hydrogens (tertiary/aromatic N) is 4. The highest BCUT2D eigenvalue weighted by Crippen LogP contribution is 2.59. The Morgan fingerprint density at radius 3 is 1.55 bits per heavy atom. The molecule has 0 saturated carbocycles. The maximum Gasteiger partial charge on any atom is 0.386 e. The number of hydrogen-bond donors (Lipinski definition) is 0. The highest BCUT2D eigenvalue weighted by molar-refractivity contribution is 6.74. The smallest absolute Gasteiger partial charge is 0.310 e. The Balaban J connectivity index is 1.02. The Morgan fingerprint density at radius 1 is 0.431 bits per heavy atom. The first kappa shape index (κ1) is 41.7. The molecule has 0 heterocycles. The molecule has 0 N–H and O–H groups in total. The van der Waals surface area contributed by atoms with E-state index in [0.29, 0.717) is 6.32 Å². The van der Waals surface area contributed by atoms with Gasteiger partial charge in [0.2, 0.25) is 0 Å². The summed E-state index contributed by atoms with van der Waals surface area (Å²) in [5.74, 6) is 4.19. The lowest BCUT2D eigenvalue weighted by atomic mass is 9.50. The van der Waals surface area contributed by atoms with Gasteiger partial charge < -0.3 is 9.80 Å². The van der Waals surface area contributed by atoms with Crippen molar-refractivity contribution in [1.29, 1.82) is 10.5 Å². The quantitative estimate of drug-likeness (QED) is 0.0857. The fourth-order valence-electron chi connectivity index (χ4n) is 10.7. The van der Waals surface area contributed by atoms with Gasteiger partial charge in [-0.1, -0.05) is 144 Å². The Hall–Kier alpha value is -7.34. The number of rotatable bonds is 13. The molecule has 0 amide bonds. The highest BCUT2D eigenvalue weighted by Gasteiger charge is 2.43. The predicted molar refractivity (Wildman–Crippen MR) is 272 cm³/mol. The Bertz CT molecular complexity index is 3070. The van der Waals surface area contributed by atoms with Crippen LogP contribution in [0.25, 0.3) is 33.0 Å². The van der Waals surface area contributed by atoms with Crippen molar-refractivity contribution < 1.29 is 0 Å². The van der Waals surface area contributed by atoms with Crippen molar-refractivity contribution in [2.24, 2.45) is 0 Å². The summed E-state index contributed by atoms with van der Waals surface area (Å²) in [6, 6.07) is 65.0. The number of nitriles is 2. The first-order chi connectivity index (χ1) is 31.7. The molecule has 0 atom stereocenters. The second kappa shape index (κ2) is 17.0. The van der Waals surface area contributed by atoms with E-state index in [1.54, 1.807) is 0 Å². The van der Waals surface area contributed by atoms with Crippen molar-refractivity contribution in [2.45, 2.75) is 76.9 Å². The van der Waals surface area contributed by atoms with Crippen LogP contribution in [0.1, 0.15) is 81.2 Å². The Kier molecular flexibility index (Phi) is 10.9. The molecular weight excluding hydrogens is 787 g/mol. The average Bonchev–Trinajstić information content (AvgIpc) is 3.70. The SMILES string of the molecule is CC1(C)c2cc(N(c3ccccc3)c3ccccc3)ccc2-c2cc3c(cc21)-c1c(cc(N(c2ccccc2)c2ccc(CCCCCCB(C#N)C#N)cc2)c2ccccc12)C3(C)C. The van der Waals surface area contributed by atoms with Gasteiger partial charge in [-0.25, -0.2) is 10.5 Å². The van der Waals surface area contributed by atoms with Crippen LogP contribution in [-0.4, -0.2) is 6.71 Å². The molecule has 65 heavy (non-hydrogen) atoms. The molecule has 10 rings (SSSR count). The molecule has 2 aliphatic carbocycles. The molecule has 0 unspecified atom stereocenters. The third-order valence-electron chi connectivity index (χ3n) is 14.2. The lowest BCUT2D eigenvalue weighted by Gasteiger charge is -2.30. The van der Waals surface area contributed by atoms with E-state index in [9.17, 15) is 0 Å². The fourth-order valence-corrected chi connectivity index (χ4v) is 10.7. The van der Waals surface area contributed by atoms with Crippen LogP contribution in [0, 0.1) is 22.5 Å². The first-order valence-corrected chi connectivity index (χ1v) is 23.2. The molecular formula is C60H53BN4. The van der Waals surface area contributed by atoms with E-state index >= 15 is 0 Å². The summed E-state index contributed by atoms with van der Waals surface area (Å²) in [5, 5.41) is 20.7. The van der Waals surface area contributed by atoms with E-state index in [1.165, 1.54) is 66.5 Å². The van der Waals surface area contributed by atoms with Crippen molar-refractivity contribution in [3.63, 3.8) is 0 Å². The van der Waals surface area contributed by atoms with E-state index in [2.05, 4.69) is 225 Å². The normalized spacial score (nSPS) is 13.5. The van der Waals surface area contributed by atoms with Gasteiger partial charge in [-0.15, -0.1) is 0 Å². The summed E-state index contributed by atoms with van der Waals surface area (Å²) in [7, 11) is 0. The standard InChI is InChI=1S/C60H53BN4/c1-59(2)53-36-47(64(43-21-11-7-12-22-43)44-23-13-8-14-24-44)33-34-48(53)51-37-55-52(38-54(51)59)58-50-28-18-17-27-49(50)57(39-56(58)60(55,3)4)65(45-25-15-9-16-26-45)46-31-29-42(30-32-46)20-10-5-6-19-35-61(40-62)41-63/h7-9,11-18,21-34,36-39H,5-6,10,19-20,35H2,1-4H3. The molecule has 0 bridgehead atoms. The number of anilines is 6. The van der Waals surface area contributed by atoms with Crippen LogP contribution in [-0.2, 0) is 17.3 Å². The van der Waals surface area contributed by atoms with E-state index in [-0.39, 0.29) is 10.8 Å². The molecule has 8 aromatic rings. The summed E-state index contributed by atoms with van der Waals surface area (Å²) in [6.07, 6.45) is 5.82. The predicted octanol–water partition coefficient (Wildman–Crippen LogP) is 16.1. The van der Waals surface area contributed by atoms with Gasteiger partial charge in [0.1, 0.15) is 0 Å². The first-order valence-electron chi connectivity index (χ1n) is 23.2. The van der Waals surface area contributed by atoms with Gasteiger partial charge >= 0.3 is 6.71 Å². The van der Waals surface area contributed by atoms with Gasteiger partial charge in [-0.3, -0.25) is 0 Å². The van der Waals surface area contributed by atoms with E-state index in [4.69, 9.17) is 10.5 Å². The van der Waals surface area contributed by atoms with Crippen LogP contribution < -0.4 is 9.80 Å². The number of benzene rings is 8. The largest absolute Gasteiger partial charge is 0.386 e. The minimum absolute atomic E-state index is 0.215. The maximum atomic E-state index is 9.10. The summed E-state index contributed by atoms with van der Waals surface area (Å²) < 4.78 is 0. The third kappa shape index (κ3) is 7.36. The van der Waals surface area contributed by atoms with E-state index in [0.717, 1.165) is 60.5 Å². The van der Waals surface area contributed by atoms with Gasteiger partial charge in [0, 0.05) is 56.6 Å². The minimum Gasteiger partial charge on any atom is -0.310 e. The van der Waals surface area contributed by atoms with Gasteiger partial charge in [0.15, 0.2) is 0 Å². The van der Waals surface area contributed by atoms with Gasteiger partial charge in [0.25, 0.3) is 0 Å². The maximum absolute atomic E-state index is 9.10. The zero-order chi connectivity index (χ0) is 44.7. The van der Waals surface area contributed by atoms with Crippen LogP contribution in [0.3, 0.4) is 0 Å². The molecule has 8 aromatic carbocycles. The van der Waals surface area contributed by atoms with Crippen LogP contribution in [0.5, 0.6) is 0 Å². The van der Waals surface area contributed by atoms with Crippen LogP contribution in [0.2, 0.25) is 6.32 Å². The topological polar surface area (TPSA) is 54.1 Å². The molecule has 0 aromatic heterocycles. The van der Waals surface area contributed by atoms with Crippen LogP contribution >= 0.6 is 0 Å². The number of hydrogen-bond acceptors (Lipinski definition) is 4. The summed E-state index contributed by atoms with van der Waals surface area (Å²) >= 11 is 0. The molecule has 4 nitrogen and oxygen atoms in total. The molecule has 0 radical (unpaired) electrons. The second-order valence-electron chi connectivity index (χ2n) is 18.9. The van der Waals surface area contributed by atoms with E-state index in [1.807, 2.05) is 0 Å². The van der Waals surface area contributed by atoms with Crippen molar-refractivity contribution in [2.75, 3.05) is 9.80 Å². The molecule has 0 aliphatic heterocycles. The van der Waals surface area contributed by atoms with Crippen molar-refractivity contribution in [3.05, 3.63) is 204 Å². The number of fused-ring (bicyclic) bond motifs is 8. The molecule has 0 fully saturated rings. The summed E-state index contributed by atoms with van der Waals surface area (Å²) in [4.78, 5) is 4.81. The molecule has 2 aliphatic rings. The van der Waals surface area contributed by atoms with E-state index < -0.39 is 6.71 Å². The summed E-state index contributed by atoms with van der Waals surface area (Å²) in [5.41, 5.74) is 18.5. The zero-order valence-electron chi connectivity index (χ0n) is 37.9. The molecule has 316 valence electrons. The number of para-hydroxylation sites is 3. The average molecular weight is 841 g/mol. The Labute approximate surface area is 385 Å². The second-order valence-corrected chi connectivity index (χ2v) is 18.9. The lowest BCUT2D eigenvalue weighted by molar-refractivity contribution is 0.652. The van der Waals surface area contributed by atoms with Crippen LogP contribution in [0.4, 0.5) is 34.1 Å². The van der Waals surface area contributed by atoms with Gasteiger partial charge in [-0.2, -0.15) is 0 Å².